The van der Waals surface area contributed by atoms with Crippen molar-refractivity contribution in [3.63, 3.8) is 0 Å². The average molecular weight is 475 g/mol. The molecule has 7 nitrogen and oxygen atoms in total. The number of carbonyl (C=O) groups is 1. The predicted molar refractivity (Wildman–Crippen MR) is 135 cm³/mol. The van der Waals surface area contributed by atoms with Crippen molar-refractivity contribution in [2.45, 2.75) is 19.0 Å². The number of ether oxygens (including phenoxy) is 2. The summed E-state index contributed by atoms with van der Waals surface area (Å²) < 4.78 is 12.5. The van der Waals surface area contributed by atoms with Crippen LogP contribution in [-0.2, 0) is 4.79 Å². The summed E-state index contributed by atoms with van der Waals surface area (Å²) in [6, 6.07) is 21.3. The van der Waals surface area contributed by atoms with Crippen LogP contribution in [0.3, 0.4) is 0 Å². The predicted octanol–water partition coefficient (Wildman–Crippen LogP) is 5.30. The van der Waals surface area contributed by atoms with Crippen LogP contribution in [0, 0.1) is 13.8 Å². The third kappa shape index (κ3) is 5.23. The van der Waals surface area contributed by atoms with Crippen LogP contribution in [0.4, 0.5) is 5.69 Å². The Hall–Kier alpha value is -3.78. The summed E-state index contributed by atoms with van der Waals surface area (Å²) in [5.41, 5.74) is 4.69. The number of aryl methyl sites for hydroxylation is 2. The quantitative estimate of drug-likeness (QED) is 0.349. The third-order valence-electron chi connectivity index (χ3n) is 5.31. The fourth-order valence-corrected chi connectivity index (χ4v) is 4.19. The van der Waals surface area contributed by atoms with Crippen LogP contribution < -0.4 is 14.8 Å². The van der Waals surface area contributed by atoms with Crippen molar-refractivity contribution < 1.29 is 14.3 Å². The SMILES string of the molecule is COc1ccc(-c2nnc(SCC(=O)Nc3cc(C)ccc3C)n2-c2ccc(OC)cc2)cc1. The molecule has 0 aliphatic carbocycles. The minimum Gasteiger partial charge on any atom is -0.497 e. The van der Waals surface area contributed by atoms with Crippen molar-refractivity contribution in [3.05, 3.63) is 77.9 Å². The topological polar surface area (TPSA) is 78.3 Å². The molecule has 0 unspecified atom stereocenters. The van der Waals surface area contributed by atoms with Crippen LogP contribution in [0.15, 0.2) is 71.9 Å². The number of anilines is 1. The molecule has 0 saturated carbocycles. The van der Waals surface area contributed by atoms with Crippen molar-refractivity contribution in [1.29, 1.82) is 0 Å². The fourth-order valence-electron chi connectivity index (χ4n) is 3.44. The van der Waals surface area contributed by atoms with E-state index in [0.717, 1.165) is 39.6 Å². The number of hydrogen-bond donors (Lipinski definition) is 1. The highest BCUT2D eigenvalue weighted by atomic mass is 32.2. The van der Waals surface area contributed by atoms with Gasteiger partial charge in [0.15, 0.2) is 11.0 Å². The summed E-state index contributed by atoms with van der Waals surface area (Å²) in [5.74, 6) is 2.28. The maximum absolute atomic E-state index is 12.7. The zero-order valence-electron chi connectivity index (χ0n) is 19.5. The lowest BCUT2D eigenvalue weighted by Gasteiger charge is -2.12. The molecule has 4 aromatic rings. The summed E-state index contributed by atoms with van der Waals surface area (Å²) >= 11 is 1.33. The van der Waals surface area contributed by atoms with Crippen LogP contribution >= 0.6 is 11.8 Å². The molecule has 34 heavy (non-hydrogen) atoms. The highest BCUT2D eigenvalue weighted by Gasteiger charge is 2.18. The van der Waals surface area contributed by atoms with Gasteiger partial charge in [-0.2, -0.15) is 0 Å². The smallest absolute Gasteiger partial charge is 0.234 e. The number of rotatable bonds is 8. The normalized spacial score (nSPS) is 10.7. The second-order valence-corrected chi connectivity index (χ2v) is 8.67. The Balaban J connectivity index is 1.61. The summed E-state index contributed by atoms with van der Waals surface area (Å²) in [4.78, 5) is 12.7. The second-order valence-electron chi connectivity index (χ2n) is 7.72. The van der Waals surface area contributed by atoms with Crippen molar-refractivity contribution in [2.75, 3.05) is 25.3 Å². The van der Waals surface area contributed by atoms with E-state index in [2.05, 4.69) is 15.5 Å². The van der Waals surface area contributed by atoms with Gasteiger partial charge in [0.05, 0.1) is 20.0 Å². The summed E-state index contributed by atoms with van der Waals surface area (Å²) in [7, 11) is 3.26. The molecule has 0 aliphatic heterocycles. The molecule has 1 N–H and O–H groups in total. The Kier molecular flexibility index (Phi) is 7.18. The molecule has 1 amide bonds. The molecule has 174 valence electrons. The molecule has 8 heteroatoms. The Bertz CT molecular complexity index is 1280. The monoisotopic (exact) mass is 474 g/mol. The molecule has 0 spiro atoms. The zero-order chi connectivity index (χ0) is 24.1. The summed E-state index contributed by atoms with van der Waals surface area (Å²) in [5, 5.41) is 12.5. The largest absolute Gasteiger partial charge is 0.497 e. The lowest BCUT2D eigenvalue weighted by molar-refractivity contribution is -0.113. The first-order valence-corrected chi connectivity index (χ1v) is 11.7. The summed E-state index contributed by atoms with van der Waals surface area (Å²) in [6.45, 7) is 3.98. The molecular formula is C26H26N4O3S. The zero-order valence-corrected chi connectivity index (χ0v) is 20.3. The molecule has 0 saturated heterocycles. The van der Waals surface area contributed by atoms with Gasteiger partial charge in [0.1, 0.15) is 11.5 Å². The summed E-state index contributed by atoms with van der Waals surface area (Å²) in [6.07, 6.45) is 0. The number of carbonyl (C=O) groups excluding carboxylic acids is 1. The van der Waals surface area contributed by atoms with Gasteiger partial charge in [-0.1, -0.05) is 23.9 Å². The molecule has 1 heterocycles. The van der Waals surface area contributed by atoms with Gasteiger partial charge in [0.2, 0.25) is 5.91 Å². The van der Waals surface area contributed by atoms with E-state index >= 15 is 0 Å². The number of benzene rings is 3. The molecule has 0 fully saturated rings. The highest BCUT2D eigenvalue weighted by molar-refractivity contribution is 7.99. The van der Waals surface area contributed by atoms with Crippen molar-refractivity contribution in [1.82, 2.24) is 14.8 Å². The van der Waals surface area contributed by atoms with Crippen LogP contribution in [0.25, 0.3) is 17.1 Å². The number of nitrogens with zero attached hydrogens (tertiary/aromatic N) is 3. The highest BCUT2D eigenvalue weighted by Crippen LogP contribution is 2.30. The Morgan fingerprint density at radius 1 is 0.912 bits per heavy atom. The molecule has 0 radical (unpaired) electrons. The molecular weight excluding hydrogens is 448 g/mol. The number of amides is 1. The van der Waals surface area contributed by atoms with Gasteiger partial charge in [0, 0.05) is 16.9 Å². The Morgan fingerprint density at radius 3 is 2.21 bits per heavy atom. The van der Waals surface area contributed by atoms with Gasteiger partial charge in [-0.25, -0.2) is 0 Å². The van der Waals surface area contributed by atoms with Gasteiger partial charge in [-0.15, -0.1) is 10.2 Å². The van der Waals surface area contributed by atoms with Crippen LogP contribution in [-0.4, -0.2) is 40.6 Å². The van der Waals surface area contributed by atoms with Gasteiger partial charge >= 0.3 is 0 Å². The number of nitrogens with one attached hydrogen (secondary N) is 1. The lowest BCUT2D eigenvalue weighted by Crippen LogP contribution is -2.15. The van der Waals surface area contributed by atoms with E-state index < -0.39 is 0 Å². The van der Waals surface area contributed by atoms with Gasteiger partial charge in [-0.3, -0.25) is 9.36 Å². The molecule has 1 aromatic heterocycles. The lowest BCUT2D eigenvalue weighted by atomic mass is 10.1. The van der Waals surface area contributed by atoms with E-state index in [1.807, 2.05) is 85.1 Å². The number of hydrogen-bond acceptors (Lipinski definition) is 6. The van der Waals surface area contributed by atoms with Gasteiger partial charge in [-0.05, 0) is 79.6 Å². The van der Waals surface area contributed by atoms with E-state index in [4.69, 9.17) is 9.47 Å². The van der Waals surface area contributed by atoms with E-state index in [9.17, 15) is 4.79 Å². The third-order valence-corrected chi connectivity index (χ3v) is 6.24. The van der Waals surface area contributed by atoms with Gasteiger partial charge < -0.3 is 14.8 Å². The van der Waals surface area contributed by atoms with Gasteiger partial charge in [0.25, 0.3) is 0 Å². The molecule has 0 aliphatic rings. The second kappa shape index (κ2) is 10.4. The van der Waals surface area contributed by atoms with E-state index in [-0.39, 0.29) is 11.7 Å². The Morgan fingerprint density at radius 2 is 1.56 bits per heavy atom. The maximum atomic E-state index is 12.7. The Labute approximate surface area is 203 Å². The fraction of sp³-hybridized carbons (Fsp3) is 0.192. The van der Waals surface area contributed by atoms with E-state index in [1.54, 1.807) is 14.2 Å². The first-order chi connectivity index (χ1) is 16.5. The minimum absolute atomic E-state index is 0.103. The number of aromatic nitrogens is 3. The van der Waals surface area contributed by atoms with Crippen molar-refractivity contribution in [2.24, 2.45) is 0 Å². The molecule has 3 aromatic carbocycles. The van der Waals surface area contributed by atoms with Crippen LogP contribution in [0.5, 0.6) is 11.5 Å². The molecule has 4 rings (SSSR count). The van der Waals surface area contributed by atoms with E-state index in [0.29, 0.717) is 11.0 Å². The van der Waals surface area contributed by atoms with Crippen LogP contribution in [0.1, 0.15) is 11.1 Å². The average Bonchev–Trinajstić information content (AvgIpc) is 3.29. The van der Waals surface area contributed by atoms with E-state index in [1.165, 1.54) is 11.8 Å². The maximum Gasteiger partial charge on any atom is 0.234 e. The van der Waals surface area contributed by atoms with Crippen LogP contribution in [0.2, 0.25) is 0 Å². The number of thioether (sulfide) groups is 1. The first-order valence-electron chi connectivity index (χ1n) is 10.7. The first kappa shape index (κ1) is 23.4. The van der Waals surface area contributed by atoms with Crippen molar-refractivity contribution in [3.8, 4) is 28.6 Å². The standard InChI is InChI=1S/C26H26N4O3S/c1-17-5-6-18(2)23(15-17)27-24(31)16-34-26-29-28-25(19-7-11-21(32-3)12-8-19)30(26)20-9-13-22(33-4)14-10-20/h5-15H,16H2,1-4H3,(H,27,31). The van der Waals surface area contributed by atoms with Crippen molar-refractivity contribution >= 4 is 23.4 Å². The number of methoxy groups -OCH3 is 2. The minimum atomic E-state index is -0.103. The molecule has 0 atom stereocenters. The molecule has 0 bridgehead atoms.